The lowest BCUT2D eigenvalue weighted by Gasteiger charge is -2.21. The molecule has 4 rings (SSSR count). The Morgan fingerprint density at radius 3 is 3.00 bits per heavy atom. The van der Waals surface area contributed by atoms with Gasteiger partial charge in [0.2, 0.25) is 5.89 Å². The van der Waals surface area contributed by atoms with Crippen molar-refractivity contribution >= 4 is 0 Å². The molecule has 0 radical (unpaired) electrons. The molecule has 2 fully saturated rings. The van der Waals surface area contributed by atoms with Crippen molar-refractivity contribution in [2.45, 2.75) is 44.2 Å². The zero-order valence-corrected chi connectivity index (χ0v) is 12.4. The van der Waals surface area contributed by atoms with E-state index in [-0.39, 0.29) is 6.04 Å². The fraction of sp³-hybridized carbons (Fsp3) is 0.600. The van der Waals surface area contributed by atoms with Crippen molar-refractivity contribution in [2.24, 2.45) is 0 Å². The molecule has 0 amide bonds. The van der Waals surface area contributed by atoms with Crippen LogP contribution in [-0.4, -0.2) is 37.9 Å². The average molecular weight is 298 g/mol. The Hall–Kier alpha value is -2.20. The van der Waals surface area contributed by atoms with Gasteiger partial charge in [0.1, 0.15) is 6.07 Å². The lowest BCUT2D eigenvalue weighted by atomic mass is 10.2. The molecule has 7 heteroatoms. The number of nitrogens with zero attached hydrogens (tertiary/aromatic N) is 6. The molecule has 0 unspecified atom stereocenters. The highest BCUT2D eigenvalue weighted by Crippen LogP contribution is 2.40. The third-order valence-electron chi connectivity index (χ3n) is 4.42. The Labute approximate surface area is 128 Å². The zero-order valence-electron chi connectivity index (χ0n) is 12.4. The highest BCUT2D eigenvalue weighted by molar-refractivity contribution is 5.21. The van der Waals surface area contributed by atoms with Crippen LogP contribution in [0.1, 0.15) is 54.9 Å². The molecule has 0 bridgehead atoms. The maximum absolute atomic E-state index is 8.83. The summed E-state index contributed by atoms with van der Waals surface area (Å²) < 4.78 is 7.21. The van der Waals surface area contributed by atoms with E-state index in [1.165, 1.54) is 12.8 Å². The minimum absolute atomic E-state index is 0.252. The molecule has 1 atom stereocenters. The highest BCUT2D eigenvalue weighted by Gasteiger charge is 2.34. The molecular weight excluding hydrogens is 280 g/mol. The van der Waals surface area contributed by atoms with Crippen LogP contribution in [0.5, 0.6) is 0 Å². The minimum Gasteiger partial charge on any atom is -0.339 e. The van der Waals surface area contributed by atoms with Crippen molar-refractivity contribution in [3.63, 3.8) is 0 Å². The van der Waals surface area contributed by atoms with Gasteiger partial charge in [0.05, 0.1) is 24.3 Å². The molecule has 22 heavy (non-hydrogen) atoms. The van der Waals surface area contributed by atoms with Gasteiger partial charge in [-0.05, 0) is 32.2 Å². The summed E-state index contributed by atoms with van der Waals surface area (Å²) in [5, 5.41) is 17.2. The van der Waals surface area contributed by atoms with Crippen molar-refractivity contribution < 1.29 is 4.52 Å². The van der Waals surface area contributed by atoms with Crippen LogP contribution in [0.4, 0.5) is 0 Å². The number of likely N-dealkylation sites (tertiary alicyclic amines) is 1. The van der Waals surface area contributed by atoms with Crippen LogP contribution in [0, 0.1) is 11.3 Å². The fourth-order valence-corrected chi connectivity index (χ4v) is 3.04. The van der Waals surface area contributed by atoms with Crippen LogP contribution in [0.25, 0.3) is 0 Å². The molecule has 0 aromatic carbocycles. The van der Waals surface area contributed by atoms with E-state index in [0.29, 0.717) is 11.5 Å². The van der Waals surface area contributed by atoms with Crippen molar-refractivity contribution in [1.82, 2.24) is 24.8 Å². The molecule has 7 nitrogen and oxygen atoms in total. The fourth-order valence-electron chi connectivity index (χ4n) is 3.04. The molecule has 1 saturated heterocycles. The van der Waals surface area contributed by atoms with Gasteiger partial charge in [0.25, 0.3) is 0 Å². The second kappa shape index (κ2) is 5.54. The van der Waals surface area contributed by atoms with Gasteiger partial charge < -0.3 is 4.52 Å². The summed E-state index contributed by atoms with van der Waals surface area (Å²) in [7, 11) is 0. The second-order valence-electron chi connectivity index (χ2n) is 6.06. The van der Waals surface area contributed by atoms with E-state index in [0.717, 1.165) is 44.2 Å². The number of aromatic nitrogens is 4. The molecule has 2 aromatic heterocycles. The quantitative estimate of drug-likeness (QED) is 0.837. The Morgan fingerprint density at radius 1 is 1.32 bits per heavy atom. The molecule has 1 aliphatic carbocycles. The smallest absolute Gasteiger partial charge is 0.229 e. The van der Waals surface area contributed by atoms with Gasteiger partial charge >= 0.3 is 0 Å². The van der Waals surface area contributed by atoms with Crippen molar-refractivity contribution in [1.29, 1.82) is 5.26 Å². The lowest BCUT2D eigenvalue weighted by molar-refractivity contribution is 0.230. The Morgan fingerprint density at radius 2 is 2.23 bits per heavy atom. The minimum atomic E-state index is 0.252. The monoisotopic (exact) mass is 298 g/mol. The molecule has 1 saturated carbocycles. The van der Waals surface area contributed by atoms with Gasteiger partial charge in [-0.2, -0.15) is 15.3 Å². The van der Waals surface area contributed by atoms with Crippen LogP contribution in [-0.2, 0) is 6.54 Å². The summed E-state index contributed by atoms with van der Waals surface area (Å²) >= 11 is 0. The zero-order chi connectivity index (χ0) is 14.9. The van der Waals surface area contributed by atoms with Crippen LogP contribution in [0.2, 0.25) is 0 Å². The Bertz CT molecular complexity index is 695. The highest BCUT2D eigenvalue weighted by atomic mass is 16.5. The molecule has 1 aliphatic heterocycles. The Kier molecular flexibility index (Phi) is 3.39. The first-order chi connectivity index (χ1) is 10.8. The van der Waals surface area contributed by atoms with Gasteiger partial charge in [-0.25, -0.2) is 0 Å². The van der Waals surface area contributed by atoms with E-state index in [9.17, 15) is 0 Å². The van der Waals surface area contributed by atoms with Gasteiger partial charge in [-0.1, -0.05) is 5.16 Å². The van der Waals surface area contributed by atoms with Crippen molar-refractivity contribution in [2.75, 3.05) is 13.1 Å². The van der Waals surface area contributed by atoms with Crippen molar-refractivity contribution in [3.05, 3.63) is 29.7 Å². The predicted molar refractivity (Wildman–Crippen MR) is 76.8 cm³/mol. The van der Waals surface area contributed by atoms with Crippen LogP contribution < -0.4 is 0 Å². The maximum Gasteiger partial charge on any atom is 0.229 e. The topological polar surface area (TPSA) is 83.8 Å². The normalized spacial score (nSPS) is 22.0. The summed E-state index contributed by atoms with van der Waals surface area (Å²) in [5.74, 6) is 2.15. The van der Waals surface area contributed by atoms with E-state index >= 15 is 0 Å². The van der Waals surface area contributed by atoms with Crippen LogP contribution >= 0.6 is 0 Å². The second-order valence-corrected chi connectivity index (χ2v) is 6.06. The summed E-state index contributed by atoms with van der Waals surface area (Å²) in [6, 6.07) is 2.35. The first-order valence-electron chi connectivity index (χ1n) is 7.83. The number of hydrogen-bond donors (Lipinski definition) is 0. The lowest BCUT2D eigenvalue weighted by Crippen LogP contribution is -2.28. The number of hydrogen-bond acceptors (Lipinski definition) is 6. The molecule has 0 N–H and O–H groups in total. The molecule has 114 valence electrons. The van der Waals surface area contributed by atoms with Crippen LogP contribution in [0.3, 0.4) is 0 Å². The molecule has 3 heterocycles. The third-order valence-corrected chi connectivity index (χ3v) is 4.42. The predicted octanol–water partition coefficient (Wildman–Crippen LogP) is 1.85. The van der Waals surface area contributed by atoms with Gasteiger partial charge in [0, 0.05) is 18.7 Å². The van der Waals surface area contributed by atoms with E-state index in [4.69, 9.17) is 9.78 Å². The van der Waals surface area contributed by atoms with Gasteiger partial charge in [-0.3, -0.25) is 9.58 Å². The maximum atomic E-state index is 8.83. The number of nitriles is 1. The molecule has 2 aliphatic rings. The molecule has 2 aromatic rings. The summed E-state index contributed by atoms with van der Waals surface area (Å²) in [4.78, 5) is 6.98. The number of rotatable bonds is 5. The molecule has 0 spiro atoms. The largest absolute Gasteiger partial charge is 0.339 e. The first kappa shape index (κ1) is 13.5. The SMILES string of the molecule is N#Cc1cnn(CCN2CCC[C@H]2c2noc(C3CC3)n2)c1. The molecular formula is C15H18N6O. The van der Waals surface area contributed by atoms with Crippen LogP contribution in [0.15, 0.2) is 16.9 Å². The van der Waals surface area contributed by atoms with E-state index < -0.39 is 0 Å². The Balaban J connectivity index is 1.40. The van der Waals surface area contributed by atoms with E-state index in [2.05, 4.69) is 26.2 Å². The van der Waals surface area contributed by atoms with Gasteiger partial charge in [0.15, 0.2) is 5.82 Å². The van der Waals surface area contributed by atoms with Crippen molar-refractivity contribution in [3.8, 4) is 6.07 Å². The summed E-state index contributed by atoms with van der Waals surface area (Å²) in [6.07, 6.45) is 7.97. The first-order valence-corrected chi connectivity index (χ1v) is 7.83. The van der Waals surface area contributed by atoms with E-state index in [1.807, 2.05) is 4.68 Å². The van der Waals surface area contributed by atoms with Gasteiger partial charge in [-0.15, -0.1) is 0 Å². The average Bonchev–Trinajstić information content (AvgIpc) is 2.98. The van der Waals surface area contributed by atoms with E-state index in [1.54, 1.807) is 12.4 Å². The third kappa shape index (κ3) is 2.62. The summed E-state index contributed by atoms with van der Waals surface area (Å²) in [5.41, 5.74) is 0.602. The standard InChI is InChI=1S/C15H18N6O/c16-8-11-9-17-21(10-11)7-6-20-5-1-2-13(20)14-18-15(22-19-14)12-3-4-12/h9-10,12-13H,1-7H2/t13-/m0/s1. The summed E-state index contributed by atoms with van der Waals surface area (Å²) in [6.45, 7) is 2.69.